The zero-order valence-corrected chi connectivity index (χ0v) is 16.7. The summed E-state index contributed by atoms with van der Waals surface area (Å²) in [4.78, 5) is 4.25. The average molecular weight is 416 g/mol. The van der Waals surface area contributed by atoms with Crippen LogP contribution < -0.4 is 5.32 Å². The highest BCUT2D eigenvalue weighted by Gasteiger charge is 2.30. The van der Waals surface area contributed by atoms with E-state index in [4.69, 9.17) is 9.15 Å². The summed E-state index contributed by atoms with van der Waals surface area (Å²) < 4.78 is 51.9. The number of oxazole rings is 1. The predicted molar refractivity (Wildman–Crippen MR) is 106 cm³/mol. The van der Waals surface area contributed by atoms with E-state index in [0.717, 1.165) is 18.4 Å². The minimum Gasteiger partial charge on any atom is -0.419 e. The monoisotopic (exact) mass is 416 g/mol. The molecule has 1 atom stereocenters. The second kappa shape index (κ2) is 7.96. The van der Waals surface area contributed by atoms with Crippen LogP contribution in [0.15, 0.2) is 62.9 Å². The van der Waals surface area contributed by atoms with Gasteiger partial charge in [0.15, 0.2) is 0 Å². The summed E-state index contributed by atoms with van der Waals surface area (Å²) in [5, 5.41) is 2.73. The molecule has 2 aromatic carbocycles. The minimum absolute atomic E-state index is 0.0145. The zero-order chi connectivity index (χ0) is 20.4. The Morgan fingerprint density at radius 3 is 2.62 bits per heavy atom. The van der Waals surface area contributed by atoms with Gasteiger partial charge in [0.2, 0.25) is 26.6 Å². The molecule has 6 nitrogen and oxygen atoms in total. The number of rotatable bonds is 6. The van der Waals surface area contributed by atoms with E-state index >= 15 is 0 Å². The van der Waals surface area contributed by atoms with Crippen LogP contribution in [0.5, 0.6) is 0 Å². The van der Waals surface area contributed by atoms with Crippen LogP contribution in [-0.4, -0.2) is 32.7 Å². The summed E-state index contributed by atoms with van der Waals surface area (Å²) >= 11 is 0. The van der Waals surface area contributed by atoms with E-state index in [2.05, 4.69) is 10.3 Å². The van der Waals surface area contributed by atoms with E-state index in [1.54, 1.807) is 24.3 Å². The first kappa shape index (κ1) is 19.6. The molecule has 29 heavy (non-hydrogen) atoms. The molecule has 0 saturated carbocycles. The fraction of sp³-hybridized carbons (Fsp3) is 0.286. The highest BCUT2D eigenvalue weighted by atomic mass is 32.2. The molecule has 0 amide bonds. The summed E-state index contributed by atoms with van der Waals surface area (Å²) in [6.07, 6.45) is 1.80. The van der Waals surface area contributed by atoms with Crippen molar-refractivity contribution in [3.05, 3.63) is 59.9 Å². The van der Waals surface area contributed by atoms with Crippen molar-refractivity contribution >= 4 is 15.7 Å². The van der Waals surface area contributed by atoms with Crippen LogP contribution in [0, 0.1) is 12.7 Å². The Bertz CT molecular complexity index is 1100. The maximum absolute atomic E-state index is 14.2. The summed E-state index contributed by atoms with van der Waals surface area (Å²) in [6.45, 7) is 2.93. The number of benzene rings is 2. The molecule has 1 saturated heterocycles. The van der Waals surface area contributed by atoms with Gasteiger partial charge in [0.05, 0.1) is 16.6 Å². The van der Waals surface area contributed by atoms with E-state index in [1.807, 2.05) is 6.92 Å². The largest absolute Gasteiger partial charge is 0.419 e. The SMILES string of the molecule is Cc1ccc(S(=O)(=O)c2nc(-c3ccccc3F)oc2NC[C@@H]2CCCO2)cc1. The maximum atomic E-state index is 14.2. The molecule has 1 aromatic heterocycles. The molecule has 0 unspecified atom stereocenters. The van der Waals surface area contributed by atoms with Crippen LogP contribution >= 0.6 is 0 Å². The molecule has 0 spiro atoms. The van der Waals surface area contributed by atoms with Crippen molar-refractivity contribution in [1.82, 2.24) is 4.98 Å². The van der Waals surface area contributed by atoms with Gasteiger partial charge in [-0.05, 0) is 44.0 Å². The smallest absolute Gasteiger partial charge is 0.233 e. The average Bonchev–Trinajstić information content (AvgIpc) is 3.37. The lowest BCUT2D eigenvalue weighted by Crippen LogP contribution is -2.19. The van der Waals surface area contributed by atoms with E-state index in [0.29, 0.717) is 13.2 Å². The van der Waals surface area contributed by atoms with Gasteiger partial charge in [0, 0.05) is 13.2 Å². The molecule has 1 N–H and O–H groups in total. The first-order chi connectivity index (χ1) is 13.9. The number of nitrogens with zero attached hydrogens (tertiary/aromatic N) is 1. The topological polar surface area (TPSA) is 81.4 Å². The van der Waals surface area contributed by atoms with Crippen LogP contribution in [0.4, 0.5) is 10.3 Å². The van der Waals surface area contributed by atoms with Crippen LogP contribution in [0.1, 0.15) is 18.4 Å². The molecule has 4 rings (SSSR count). The molecule has 3 aromatic rings. The van der Waals surface area contributed by atoms with E-state index < -0.39 is 15.7 Å². The Labute approximate surface area is 168 Å². The molecule has 8 heteroatoms. The summed E-state index contributed by atoms with van der Waals surface area (Å²) in [7, 11) is -3.96. The molecule has 1 fully saturated rings. The molecule has 0 aliphatic carbocycles. The van der Waals surface area contributed by atoms with Gasteiger partial charge in [0.25, 0.3) is 0 Å². The second-order valence-corrected chi connectivity index (χ2v) is 8.83. The predicted octanol–water partition coefficient (Wildman–Crippen LogP) is 4.21. The number of aromatic nitrogens is 1. The number of aryl methyl sites for hydroxylation is 1. The van der Waals surface area contributed by atoms with Crippen molar-refractivity contribution in [2.24, 2.45) is 0 Å². The van der Waals surface area contributed by atoms with Crippen LogP contribution in [-0.2, 0) is 14.6 Å². The van der Waals surface area contributed by atoms with E-state index in [1.165, 1.54) is 24.3 Å². The number of hydrogen-bond acceptors (Lipinski definition) is 6. The molecule has 0 radical (unpaired) electrons. The first-order valence-corrected chi connectivity index (χ1v) is 10.9. The van der Waals surface area contributed by atoms with Gasteiger partial charge in [-0.2, -0.15) is 4.98 Å². The number of hydrogen-bond donors (Lipinski definition) is 1. The lowest BCUT2D eigenvalue weighted by atomic mass is 10.2. The van der Waals surface area contributed by atoms with Gasteiger partial charge < -0.3 is 14.5 Å². The first-order valence-electron chi connectivity index (χ1n) is 9.38. The summed E-state index contributed by atoms with van der Waals surface area (Å²) in [5.74, 6) is -0.651. The Balaban J connectivity index is 1.75. The summed E-state index contributed by atoms with van der Waals surface area (Å²) in [6, 6.07) is 12.4. The molecular weight excluding hydrogens is 395 g/mol. The Kier molecular flexibility index (Phi) is 5.38. The third kappa shape index (κ3) is 4.04. The van der Waals surface area contributed by atoms with Crippen molar-refractivity contribution in [3.63, 3.8) is 0 Å². The molecule has 1 aliphatic rings. The number of sulfone groups is 1. The minimum atomic E-state index is -3.96. The number of nitrogens with one attached hydrogen (secondary N) is 1. The van der Waals surface area contributed by atoms with Crippen LogP contribution in [0.3, 0.4) is 0 Å². The lowest BCUT2D eigenvalue weighted by Gasteiger charge is -2.10. The normalized spacial score (nSPS) is 16.8. The quantitative estimate of drug-likeness (QED) is 0.648. The van der Waals surface area contributed by atoms with Crippen molar-refractivity contribution < 1.29 is 22.0 Å². The highest BCUT2D eigenvalue weighted by Crippen LogP contribution is 2.33. The standard InChI is InChI=1S/C21H21FN2O4S/c1-14-8-10-16(11-9-14)29(25,26)21-20(23-13-15-5-4-12-27-15)28-19(24-21)17-6-2-3-7-18(17)22/h2-3,6-11,15,23H,4-5,12-13H2,1H3/t15-/m0/s1. The Morgan fingerprint density at radius 1 is 1.17 bits per heavy atom. The Morgan fingerprint density at radius 2 is 1.93 bits per heavy atom. The van der Waals surface area contributed by atoms with E-state index in [9.17, 15) is 12.8 Å². The fourth-order valence-corrected chi connectivity index (χ4v) is 4.47. The maximum Gasteiger partial charge on any atom is 0.233 e. The highest BCUT2D eigenvalue weighted by molar-refractivity contribution is 7.91. The van der Waals surface area contributed by atoms with Gasteiger partial charge in [0.1, 0.15) is 5.82 Å². The number of anilines is 1. The van der Waals surface area contributed by atoms with Crippen LogP contribution in [0.2, 0.25) is 0 Å². The number of ether oxygens (including phenoxy) is 1. The van der Waals surface area contributed by atoms with Crippen molar-refractivity contribution in [2.75, 3.05) is 18.5 Å². The van der Waals surface area contributed by atoms with Crippen molar-refractivity contribution in [2.45, 2.75) is 35.8 Å². The van der Waals surface area contributed by atoms with Gasteiger partial charge in [-0.15, -0.1) is 0 Å². The number of halogens is 1. The van der Waals surface area contributed by atoms with Crippen LogP contribution in [0.25, 0.3) is 11.5 Å². The van der Waals surface area contributed by atoms with Gasteiger partial charge in [-0.3, -0.25) is 0 Å². The van der Waals surface area contributed by atoms with Crippen molar-refractivity contribution in [3.8, 4) is 11.5 Å². The molecule has 2 heterocycles. The third-order valence-electron chi connectivity index (χ3n) is 4.80. The second-order valence-electron chi connectivity index (χ2n) is 6.97. The molecule has 1 aliphatic heterocycles. The van der Waals surface area contributed by atoms with Gasteiger partial charge >= 0.3 is 0 Å². The summed E-state index contributed by atoms with van der Waals surface area (Å²) in [5.41, 5.74) is 1.03. The Hall–Kier alpha value is -2.71. The molecule has 0 bridgehead atoms. The fourth-order valence-electron chi connectivity index (χ4n) is 3.19. The van der Waals surface area contributed by atoms with Crippen molar-refractivity contribution in [1.29, 1.82) is 0 Å². The third-order valence-corrected chi connectivity index (χ3v) is 6.48. The zero-order valence-electron chi connectivity index (χ0n) is 15.9. The molecule has 152 valence electrons. The lowest BCUT2D eigenvalue weighted by molar-refractivity contribution is 0.120. The van der Waals surface area contributed by atoms with Gasteiger partial charge in [-0.1, -0.05) is 29.8 Å². The molecular formula is C21H21FN2O4S. The van der Waals surface area contributed by atoms with Gasteiger partial charge in [-0.25, -0.2) is 12.8 Å². The van der Waals surface area contributed by atoms with E-state index in [-0.39, 0.29) is 33.4 Å².